The van der Waals surface area contributed by atoms with Crippen molar-refractivity contribution in [3.8, 4) is 16.9 Å². The molecule has 0 saturated heterocycles. The van der Waals surface area contributed by atoms with E-state index in [0.717, 1.165) is 32.3 Å². The maximum absolute atomic E-state index is 12.8. The lowest BCUT2D eigenvalue weighted by Gasteiger charge is -2.04. The van der Waals surface area contributed by atoms with Crippen LogP contribution in [-0.4, -0.2) is 23.1 Å². The van der Waals surface area contributed by atoms with Gasteiger partial charge in [0.2, 0.25) is 0 Å². The van der Waals surface area contributed by atoms with Crippen molar-refractivity contribution in [1.29, 1.82) is 0 Å². The number of carbonyl (C=O) groups excluding carboxylic acids is 1. The number of benzene rings is 3. The van der Waals surface area contributed by atoms with Crippen molar-refractivity contribution in [3.05, 3.63) is 77.4 Å². The molecule has 1 aliphatic rings. The Morgan fingerprint density at radius 2 is 1.93 bits per heavy atom. The van der Waals surface area contributed by atoms with Crippen molar-refractivity contribution >= 4 is 39.1 Å². The van der Waals surface area contributed by atoms with E-state index >= 15 is 0 Å². The molecule has 144 valence electrons. The van der Waals surface area contributed by atoms with Crippen molar-refractivity contribution < 1.29 is 9.53 Å². The Labute approximate surface area is 177 Å². The maximum atomic E-state index is 12.8. The number of aromatic nitrogens is 1. The summed E-state index contributed by atoms with van der Waals surface area (Å²) >= 11 is 3.11. The van der Waals surface area contributed by atoms with E-state index in [1.54, 1.807) is 11.3 Å². The maximum Gasteiger partial charge on any atom is 0.173 e. The van der Waals surface area contributed by atoms with E-state index in [1.807, 2.05) is 31.2 Å². The van der Waals surface area contributed by atoms with Gasteiger partial charge in [0.05, 0.1) is 22.6 Å². The fourth-order valence-corrected chi connectivity index (χ4v) is 5.72. The van der Waals surface area contributed by atoms with E-state index in [9.17, 15) is 4.79 Å². The summed E-state index contributed by atoms with van der Waals surface area (Å²) in [6.07, 6.45) is 0.903. The number of thiazole rings is 1. The van der Waals surface area contributed by atoms with E-state index < -0.39 is 0 Å². The molecule has 3 aromatic carbocycles. The number of hydrogen-bond acceptors (Lipinski definition) is 5. The van der Waals surface area contributed by atoms with Crippen LogP contribution in [0.1, 0.15) is 28.4 Å². The van der Waals surface area contributed by atoms with Gasteiger partial charge in [0, 0.05) is 5.56 Å². The van der Waals surface area contributed by atoms with Crippen LogP contribution in [0.25, 0.3) is 21.3 Å². The van der Waals surface area contributed by atoms with E-state index in [-0.39, 0.29) is 5.78 Å². The van der Waals surface area contributed by atoms with E-state index in [4.69, 9.17) is 4.74 Å². The average Bonchev–Trinajstić information content (AvgIpc) is 3.32. The van der Waals surface area contributed by atoms with E-state index in [2.05, 4.69) is 41.4 Å². The van der Waals surface area contributed by atoms with Crippen LogP contribution in [0.2, 0.25) is 0 Å². The number of hydrogen-bond donors (Lipinski definition) is 0. The molecule has 5 heteroatoms. The molecule has 1 aliphatic carbocycles. The molecule has 4 aromatic rings. The van der Waals surface area contributed by atoms with Gasteiger partial charge in [0.1, 0.15) is 5.75 Å². The number of carbonyl (C=O) groups is 1. The van der Waals surface area contributed by atoms with Crippen LogP contribution < -0.4 is 4.74 Å². The first-order chi connectivity index (χ1) is 14.2. The van der Waals surface area contributed by atoms with Crippen LogP contribution in [0.5, 0.6) is 5.75 Å². The molecule has 3 nitrogen and oxygen atoms in total. The van der Waals surface area contributed by atoms with Gasteiger partial charge in [-0.15, -0.1) is 11.3 Å². The Hall–Kier alpha value is -2.63. The van der Waals surface area contributed by atoms with Crippen LogP contribution in [0, 0.1) is 0 Å². The highest BCUT2D eigenvalue weighted by Crippen LogP contribution is 2.37. The molecule has 0 atom stereocenters. The van der Waals surface area contributed by atoms with E-state index in [0.29, 0.717) is 12.4 Å². The topological polar surface area (TPSA) is 39.2 Å². The van der Waals surface area contributed by atoms with Gasteiger partial charge >= 0.3 is 0 Å². The summed E-state index contributed by atoms with van der Waals surface area (Å²) in [5.41, 5.74) is 6.85. The number of ketones is 1. The molecule has 0 N–H and O–H groups in total. The summed E-state index contributed by atoms with van der Waals surface area (Å²) in [5.74, 6) is 1.39. The summed E-state index contributed by atoms with van der Waals surface area (Å²) in [7, 11) is 0. The zero-order chi connectivity index (χ0) is 19.8. The lowest BCUT2D eigenvalue weighted by molar-refractivity contribution is 0.102. The average molecular weight is 418 g/mol. The summed E-state index contributed by atoms with van der Waals surface area (Å²) in [6, 6.07) is 20.5. The predicted octanol–water partition coefficient (Wildman–Crippen LogP) is 6.24. The summed E-state index contributed by atoms with van der Waals surface area (Å²) in [5, 5.41) is 0. The van der Waals surface area contributed by atoms with Crippen molar-refractivity contribution in [2.75, 3.05) is 12.4 Å². The van der Waals surface area contributed by atoms with Crippen molar-refractivity contribution in [2.45, 2.75) is 17.7 Å². The molecule has 5 rings (SSSR count). The Bertz CT molecular complexity index is 1230. The number of fused-ring (bicyclic) bond motifs is 4. The minimum absolute atomic E-state index is 0.142. The Kier molecular flexibility index (Phi) is 4.86. The zero-order valence-electron chi connectivity index (χ0n) is 16.0. The largest absolute Gasteiger partial charge is 0.494 e. The fraction of sp³-hybridized carbons (Fsp3) is 0.167. The Morgan fingerprint density at radius 1 is 1.07 bits per heavy atom. The molecule has 0 aliphatic heterocycles. The van der Waals surface area contributed by atoms with Gasteiger partial charge in [0.25, 0.3) is 0 Å². The minimum Gasteiger partial charge on any atom is -0.494 e. The highest BCUT2D eigenvalue weighted by molar-refractivity contribution is 8.01. The molecule has 0 saturated carbocycles. The molecule has 0 unspecified atom stereocenters. The van der Waals surface area contributed by atoms with Crippen LogP contribution in [0.15, 0.2) is 65.0 Å². The van der Waals surface area contributed by atoms with Crippen molar-refractivity contribution in [1.82, 2.24) is 4.98 Å². The third-order valence-corrected chi connectivity index (χ3v) is 7.25. The lowest BCUT2D eigenvalue weighted by atomic mass is 10.0. The fourth-order valence-electron chi connectivity index (χ4n) is 3.73. The third-order valence-electron chi connectivity index (χ3n) is 5.09. The van der Waals surface area contributed by atoms with Crippen molar-refractivity contribution in [2.24, 2.45) is 0 Å². The smallest absolute Gasteiger partial charge is 0.173 e. The predicted molar refractivity (Wildman–Crippen MR) is 121 cm³/mol. The molecule has 0 bridgehead atoms. The van der Waals surface area contributed by atoms with Gasteiger partial charge in [0.15, 0.2) is 10.1 Å². The number of rotatable bonds is 6. The molecular formula is C24H19NO2S2. The normalized spacial score (nSPS) is 12.0. The summed E-state index contributed by atoms with van der Waals surface area (Å²) < 4.78 is 7.55. The lowest BCUT2D eigenvalue weighted by Crippen LogP contribution is -2.03. The third kappa shape index (κ3) is 3.56. The first-order valence-corrected chi connectivity index (χ1v) is 11.4. The van der Waals surface area contributed by atoms with Crippen molar-refractivity contribution in [3.63, 3.8) is 0 Å². The molecule has 1 heterocycles. The second kappa shape index (κ2) is 7.65. The zero-order valence-corrected chi connectivity index (χ0v) is 17.6. The number of thioether (sulfide) groups is 1. The first-order valence-electron chi connectivity index (χ1n) is 9.62. The van der Waals surface area contributed by atoms with Crippen LogP contribution in [0.4, 0.5) is 0 Å². The summed E-state index contributed by atoms with van der Waals surface area (Å²) in [4.78, 5) is 17.4. The van der Waals surface area contributed by atoms with Gasteiger partial charge in [-0.3, -0.25) is 4.79 Å². The standard InChI is InChI=1S/C24H19NO2S2/c1-2-27-18-8-10-21-23(13-18)29-24(25-21)28-14-22(26)16-7-9-20-17(12-16)11-15-5-3-4-6-19(15)20/h3-10,12-13H,2,11,14H2,1H3. The van der Waals surface area contributed by atoms with Gasteiger partial charge in [-0.2, -0.15) is 0 Å². The van der Waals surface area contributed by atoms with Gasteiger partial charge < -0.3 is 4.74 Å². The van der Waals surface area contributed by atoms with E-state index in [1.165, 1.54) is 34.0 Å². The number of nitrogens with zero attached hydrogens (tertiary/aromatic N) is 1. The molecule has 1 aromatic heterocycles. The highest BCUT2D eigenvalue weighted by Gasteiger charge is 2.19. The van der Waals surface area contributed by atoms with Gasteiger partial charge in [-0.1, -0.05) is 48.2 Å². The Balaban J connectivity index is 1.30. The molecule has 0 spiro atoms. The number of Topliss-reactive ketones (excluding diaryl/α,β-unsaturated/α-hetero) is 1. The second-order valence-electron chi connectivity index (χ2n) is 6.96. The molecule has 29 heavy (non-hydrogen) atoms. The van der Waals surface area contributed by atoms with Crippen LogP contribution in [-0.2, 0) is 6.42 Å². The molecular weight excluding hydrogens is 398 g/mol. The molecule has 0 amide bonds. The summed E-state index contributed by atoms with van der Waals surface area (Å²) in [6.45, 7) is 2.62. The second-order valence-corrected chi connectivity index (χ2v) is 9.21. The highest BCUT2D eigenvalue weighted by atomic mass is 32.2. The Morgan fingerprint density at radius 3 is 2.83 bits per heavy atom. The number of ether oxygens (including phenoxy) is 1. The quantitative estimate of drug-likeness (QED) is 0.242. The van der Waals surface area contributed by atoms with Gasteiger partial charge in [-0.25, -0.2) is 4.98 Å². The first kappa shape index (κ1) is 18.4. The van der Waals surface area contributed by atoms with Crippen LogP contribution in [0.3, 0.4) is 0 Å². The SMILES string of the molecule is CCOc1ccc2nc(SCC(=O)c3ccc4c(c3)Cc3ccccc3-4)sc2c1. The monoisotopic (exact) mass is 417 g/mol. The molecule has 0 radical (unpaired) electrons. The molecule has 0 fully saturated rings. The van der Waals surface area contributed by atoms with Crippen LogP contribution >= 0.6 is 23.1 Å². The minimum atomic E-state index is 0.142. The van der Waals surface area contributed by atoms with Gasteiger partial charge in [-0.05, 0) is 59.9 Å².